The van der Waals surface area contributed by atoms with E-state index in [2.05, 4.69) is 26.6 Å². The van der Waals surface area contributed by atoms with Gasteiger partial charge >= 0.3 is 6.18 Å². The summed E-state index contributed by atoms with van der Waals surface area (Å²) >= 11 is 0. The van der Waals surface area contributed by atoms with Gasteiger partial charge in [-0.15, -0.1) is 6.58 Å². The summed E-state index contributed by atoms with van der Waals surface area (Å²) in [7, 11) is 0. The van der Waals surface area contributed by atoms with Crippen molar-refractivity contribution in [1.82, 2.24) is 15.5 Å². The highest BCUT2D eigenvalue weighted by molar-refractivity contribution is 4.90. The fourth-order valence-corrected chi connectivity index (χ4v) is 0.723. The number of alkyl halides is 3. The van der Waals surface area contributed by atoms with Gasteiger partial charge in [-0.1, -0.05) is 11.2 Å². The van der Waals surface area contributed by atoms with E-state index >= 15 is 0 Å². The van der Waals surface area contributed by atoms with E-state index < -0.39 is 12.0 Å². The van der Waals surface area contributed by atoms with Crippen molar-refractivity contribution in [3.63, 3.8) is 0 Å². The molecular formula is C7H8F3N3O. The fourth-order valence-electron chi connectivity index (χ4n) is 0.723. The second-order valence-corrected chi connectivity index (χ2v) is 2.43. The summed E-state index contributed by atoms with van der Waals surface area (Å²) in [6.07, 6.45) is -2.98. The molecule has 1 N–H and O–H groups in total. The van der Waals surface area contributed by atoms with Crippen LogP contribution in [0.25, 0.3) is 0 Å². The quantitative estimate of drug-likeness (QED) is 0.598. The molecule has 1 aromatic heterocycles. The normalized spacial score (nSPS) is 11.6. The molecule has 0 aliphatic heterocycles. The Balaban J connectivity index is 2.55. The topological polar surface area (TPSA) is 51.0 Å². The van der Waals surface area contributed by atoms with Crippen LogP contribution in [-0.4, -0.2) is 16.7 Å². The number of halogens is 3. The van der Waals surface area contributed by atoms with E-state index in [0.29, 0.717) is 6.54 Å². The largest absolute Gasteiger partial charge is 0.455 e. The maximum atomic E-state index is 12.0. The second-order valence-electron chi connectivity index (χ2n) is 2.43. The molecule has 0 aliphatic carbocycles. The lowest BCUT2D eigenvalue weighted by molar-refractivity contribution is -0.146. The molecule has 14 heavy (non-hydrogen) atoms. The first-order chi connectivity index (χ1) is 6.54. The molecule has 4 nitrogen and oxygen atoms in total. The Morgan fingerprint density at radius 3 is 2.71 bits per heavy atom. The molecule has 0 aromatic carbocycles. The molecule has 0 fully saturated rings. The highest BCUT2D eigenvalue weighted by Gasteiger charge is 2.37. The average Bonchev–Trinajstić information content (AvgIpc) is 2.52. The summed E-state index contributed by atoms with van der Waals surface area (Å²) in [6.45, 7) is 3.98. The molecule has 0 saturated carbocycles. The van der Waals surface area contributed by atoms with Crippen molar-refractivity contribution in [3.05, 3.63) is 24.4 Å². The third-order valence-electron chi connectivity index (χ3n) is 1.29. The summed E-state index contributed by atoms with van der Waals surface area (Å²) in [5.41, 5.74) is 0. The second kappa shape index (κ2) is 4.23. The van der Waals surface area contributed by atoms with Crippen LogP contribution in [0, 0.1) is 0 Å². The van der Waals surface area contributed by atoms with E-state index in [-0.39, 0.29) is 12.4 Å². The first-order valence-corrected chi connectivity index (χ1v) is 3.75. The minimum absolute atomic E-state index is 0.0924. The molecule has 1 heterocycles. The first kappa shape index (κ1) is 10.7. The number of hydrogen-bond donors (Lipinski definition) is 1. The van der Waals surface area contributed by atoms with E-state index in [1.54, 1.807) is 6.08 Å². The lowest BCUT2D eigenvalue weighted by atomic mass is 10.5. The van der Waals surface area contributed by atoms with E-state index in [1.807, 2.05) is 0 Å². The third-order valence-corrected chi connectivity index (χ3v) is 1.29. The van der Waals surface area contributed by atoms with Gasteiger partial charge < -0.3 is 9.84 Å². The maximum absolute atomic E-state index is 12.0. The smallest absolute Gasteiger partial charge is 0.338 e. The van der Waals surface area contributed by atoms with Gasteiger partial charge in [0.25, 0.3) is 5.82 Å². The van der Waals surface area contributed by atoms with Crippen molar-refractivity contribution in [2.75, 3.05) is 6.54 Å². The van der Waals surface area contributed by atoms with Crippen LogP contribution in [0.4, 0.5) is 13.2 Å². The predicted molar refractivity (Wildman–Crippen MR) is 41.2 cm³/mol. The Hall–Kier alpha value is -1.37. The van der Waals surface area contributed by atoms with E-state index in [1.165, 1.54) is 0 Å². The molecule has 78 valence electrons. The molecule has 0 amide bonds. The van der Waals surface area contributed by atoms with Crippen LogP contribution < -0.4 is 5.32 Å². The Kier molecular flexibility index (Phi) is 3.23. The zero-order valence-corrected chi connectivity index (χ0v) is 7.14. The highest BCUT2D eigenvalue weighted by Crippen LogP contribution is 2.25. The van der Waals surface area contributed by atoms with Gasteiger partial charge in [-0.05, 0) is 0 Å². The van der Waals surface area contributed by atoms with Crippen molar-refractivity contribution >= 4 is 0 Å². The summed E-state index contributed by atoms with van der Waals surface area (Å²) in [5, 5.41) is 5.52. The van der Waals surface area contributed by atoms with Crippen LogP contribution in [0.5, 0.6) is 0 Å². The standard InChI is InChI=1S/C7H8F3N3O/c1-2-3-11-4-5-12-6(13-14-5)7(8,9)10/h2,11H,1,3-4H2. The van der Waals surface area contributed by atoms with E-state index in [9.17, 15) is 13.2 Å². The fraction of sp³-hybridized carbons (Fsp3) is 0.429. The molecule has 7 heteroatoms. The summed E-state index contributed by atoms with van der Waals surface area (Å²) < 4.78 is 40.3. The number of nitrogens with zero attached hydrogens (tertiary/aromatic N) is 2. The Morgan fingerprint density at radius 2 is 2.21 bits per heavy atom. The van der Waals surface area contributed by atoms with Crippen molar-refractivity contribution in [1.29, 1.82) is 0 Å². The average molecular weight is 207 g/mol. The molecule has 1 aromatic rings. The predicted octanol–water partition coefficient (Wildman–Crippen LogP) is 1.36. The zero-order chi connectivity index (χ0) is 10.6. The number of nitrogens with one attached hydrogen (secondary N) is 1. The van der Waals surface area contributed by atoms with Crippen molar-refractivity contribution in [3.8, 4) is 0 Å². The monoisotopic (exact) mass is 207 g/mol. The summed E-state index contributed by atoms with van der Waals surface area (Å²) in [4.78, 5) is 3.15. The minimum atomic E-state index is -4.56. The van der Waals surface area contributed by atoms with Gasteiger partial charge in [0.2, 0.25) is 5.89 Å². The molecule has 0 unspecified atom stereocenters. The van der Waals surface area contributed by atoms with Gasteiger partial charge in [-0.2, -0.15) is 18.2 Å². The SMILES string of the molecule is C=CCNCc1nc(C(F)(F)F)no1. The van der Waals surface area contributed by atoms with Gasteiger partial charge in [-0.3, -0.25) is 0 Å². The third kappa shape index (κ3) is 2.84. The number of aromatic nitrogens is 2. The zero-order valence-electron chi connectivity index (χ0n) is 7.14. The van der Waals surface area contributed by atoms with Gasteiger partial charge in [-0.25, -0.2) is 0 Å². The van der Waals surface area contributed by atoms with Crippen molar-refractivity contribution < 1.29 is 17.7 Å². The molecular weight excluding hydrogens is 199 g/mol. The van der Waals surface area contributed by atoms with E-state index in [4.69, 9.17) is 0 Å². The van der Waals surface area contributed by atoms with Gasteiger partial charge in [0.15, 0.2) is 0 Å². The molecule has 0 atom stereocenters. The van der Waals surface area contributed by atoms with Crippen LogP contribution in [0.2, 0.25) is 0 Å². The highest BCUT2D eigenvalue weighted by atomic mass is 19.4. The molecule has 0 saturated heterocycles. The Bertz CT molecular complexity index is 307. The molecule has 0 spiro atoms. The molecule has 0 bridgehead atoms. The van der Waals surface area contributed by atoms with Crippen LogP contribution in [-0.2, 0) is 12.7 Å². The number of rotatable bonds is 4. The summed E-state index contributed by atoms with van der Waals surface area (Å²) in [6, 6.07) is 0. The van der Waals surface area contributed by atoms with Crippen LogP contribution in [0.15, 0.2) is 17.2 Å². The molecule has 0 radical (unpaired) electrons. The van der Waals surface area contributed by atoms with Gasteiger partial charge in [0.05, 0.1) is 6.54 Å². The maximum Gasteiger partial charge on any atom is 0.455 e. The van der Waals surface area contributed by atoms with Crippen LogP contribution >= 0.6 is 0 Å². The molecule has 0 aliphatic rings. The van der Waals surface area contributed by atoms with Gasteiger partial charge in [0, 0.05) is 6.54 Å². The van der Waals surface area contributed by atoms with E-state index in [0.717, 1.165) is 0 Å². The number of hydrogen-bond acceptors (Lipinski definition) is 4. The first-order valence-electron chi connectivity index (χ1n) is 3.75. The Labute approximate surface area is 77.8 Å². The van der Waals surface area contributed by atoms with Crippen LogP contribution in [0.1, 0.15) is 11.7 Å². The van der Waals surface area contributed by atoms with Gasteiger partial charge in [0.1, 0.15) is 0 Å². The molecule has 1 rings (SSSR count). The minimum Gasteiger partial charge on any atom is -0.338 e. The summed E-state index contributed by atoms with van der Waals surface area (Å²) in [5.74, 6) is -1.35. The lowest BCUT2D eigenvalue weighted by Crippen LogP contribution is -2.13. The lowest BCUT2D eigenvalue weighted by Gasteiger charge is -1.96. The van der Waals surface area contributed by atoms with Crippen LogP contribution in [0.3, 0.4) is 0 Å². The van der Waals surface area contributed by atoms with Crippen molar-refractivity contribution in [2.45, 2.75) is 12.7 Å². The Morgan fingerprint density at radius 1 is 1.50 bits per heavy atom. The van der Waals surface area contributed by atoms with Crippen molar-refractivity contribution in [2.24, 2.45) is 0 Å².